The first-order valence-electron chi connectivity index (χ1n) is 16.4. The number of nitrogens with zero attached hydrogens (tertiary/aromatic N) is 4. The third-order valence-corrected chi connectivity index (χ3v) is 10.1. The van der Waals surface area contributed by atoms with Gasteiger partial charge in [0.2, 0.25) is 0 Å². The number of hydrogen-bond acceptors (Lipinski definition) is 8. The van der Waals surface area contributed by atoms with Crippen LogP contribution in [0.15, 0.2) is 0 Å². The Kier molecular flexibility index (Phi) is 17.4. The molecule has 12 nitrogen and oxygen atoms in total. The Hall–Kier alpha value is -2.28. The van der Waals surface area contributed by atoms with Gasteiger partial charge >= 0.3 is 23.9 Å². The highest BCUT2D eigenvalue weighted by atomic mass is 16.4. The summed E-state index contributed by atoms with van der Waals surface area (Å²) >= 11 is 0. The molecule has 1 saturated heterocycles. The first kappa shape index (κ1) is 39.7. The van der Waals surface area contributed by atoms with Crippen molar-refractivity contribution in [1.82, 2.24) is 19.6 Å². The van der Waals surface area contributed by atoms with Gasteiger partial charge in [-0.3, -0.25) is 38.8 Å². The van der Waals surface area contributed by atoms with Gasteiger partial charge in [0.25, 0.3) is 0 Å². The molecule has 0 aliphatic carbocycles. The molecule has 1 rings (SSSR count). The molecule has 0 saturated carbocycles. The van der Waals surface area contributed by atoms with E-state index in [4.69, 9.17) is 0 Å². The van der Waals surface area contributed by atoms with Crippen LogP contribution in [-0.4, -0.2) is 140 Å². The van der Waals surface area contributed by atoms with Crippen LogP contribution in [0.3, 0.4) is 0 Å². The van der Waals surface area contributed by atoms with Gasteiger partial charge in [0.15, 0.2) is 0 Å². The fourth-order valence-corrected chi connectivity index (χ4v) is 6.63. The predicted molar refractivity (Wildman–Crippen MR) is 170 cm³/mol. The second kappa shape index (κ2) is 19.3. The molecule has 0 amide bonds. The third-order valence-electron chi connectivity index (χ3n) is 10.1. The van der Waals surface area contributed by atoms with E-state index in [1.165, 1.54) is 0 Å². The summed E-state index contributed by atoms with van der Waals surface area (Å²) in [6, 6.07) is -1.29. The highest BCUT2D eigenvalue weighted by Crippen LogP contribution is 2.28. The number of aliphatic carboxylic acids is 4. The van der Waals surface area contributed by atoms with Crippen LogP contribution in [-0.2, 0) is 19.2 Å². The Morgan fingerprint density at radius 3 is 0.727 bits per heavy atom. The SMILES string of the molecule is CC[C@@H](C)[C@H]1CN(CC(=O)O)[C@@H]([C@H](C)CC)CN(CC(=O)O)[C@@H]([C@H](C)CC)CN(CC(=O)O)[C@@H]([C@H](C)CC)CN1CC(=O)O. The topological polar surface area (TPSA) is 162 Å². The minimum absolute atomic E-state index is 0.0136. The zero-order valence-corrected chi connectivity index (χ0v) is 28.3. The van der Waals surface area contributed by atoms with E-state index in [2.05, 4.69) is 0 Å². The summed E-state index contributed by atoms with van der Waals surface area (Å²) in [4.78, 5) is 56.9. The van der Waals surface area contributed by atoms with E-state index in [-0.39, 0.29) is 74.0 Å². The minimum atomic E-state index is -0.994. The average molecular weight is 629 g/mol. The Balaban J connectivity index is 4.11. The molecule has 4 N–H and O–H groups in total. The summed E-state index contributed by atoms with van der Waals surface area (Å²) in [6.45, 7) is 16.5. The molecule has 1 heterocycles. The fourth-order valence-electron chi connectivity index (χ4n) is 6.63. The van der Waals surface area contributed by atoms with Crippen molar-refractivity contribution in [3.05, 3.63) is 0 Å². The summed E-state index contributed by atoms with van der Waals surface area (Å²) in [5.41, 5.74) is 0. The largest absolute Gasteiger partial charge is 0.480 e. The summed E-state index contributed by atoms with van der Waals surface area (Å²) in [5.74, 6) is -3.92. The van der Waals surface area contributed by atoms with Gasteiger partial charge in [0, 0.05) is 50.3 Å². The Labute approximate surface area is 264 Å². The molecule has 256 valence electrons. The summed E-state index contributed by atoms with van der Waals surface area (Å²) in [5, 5.41) is 40.2. The van der Waals surface area contributed by atoms with Gasteiger partial charge in [0.05, 0.1) is 26.2 Å². The lowest BCUT2D eigenvalue weighted by Gasteiger charge is -2.49. The smallest absolute Gasteiger partial charge is 0.317 e. The molecule has 0 aromatic carbocycles. The van der Waals surface area contributed by atoms with Crippen molar-refractivity contribution in [2.24, 2.45) is 23.7 Å². The first-order chi connectivity index (χ1) is 20.6. The molecule has 0 bridgehead atoms. The van der Waals surface area contributed by atoms with Gasteiger partial charge in [-0.1, -0.05) is 81.1 Å². The van der Waals surface area contributed by atoms with Crippen LogP contribution in [0.2, 0.25) is 0 Å². The zero-order chi connectivity index (χ0) is 33.7. The van der Waals surface area contributed by atoms with Crippen LogP contribution in [0, 0.1) is 23.7 Å². The molecule has 0 radical (unpaired) electrons. The quantitative estimate of drug-likeness (QED) is 0.198. The molecule has 1 aliphatic rings. The van der Waals surface area contributed by atoms with E-state index in [0.717, 1.165) is 25.7 Å². The molecular formula is C32H60N4O8. The fraction of sp³-hybridized carbons (Fsp3) is 0.875. The van der Waals surface area contributed by atoms with Crippen molar-refractivity contribution in [3.63, 3.8) is 0 Å². The van der Waals surface area contributed by atoms with E-state index >= 15 is 0 Å². The van der Waals surface area contributed by atoms with Gasteiger partial charge in [-0.25, -0.2) is 0 Å². The Morgan fingerprint density at radius 2 is 0.614 bits per heavy atom. The second-order valence-electron chi connectivity index (χ2n) is 13.1. The maximum atomic E-state index is 12.3. The van der Waals surface area contributed by atoms with Crippen molar-refractivity contribution in [1.29, 1.82) is 0 Å². The van der Waals surface area contributed by atoms with Gasteiger partial charge in [-0.15, -0.1) is 0 Å². The lowest BCUT2D eigenvalue weighted by molar-refractivity contribution is -0.145. The molecule has 0 unspecified atom stereocenters. The number of hydrogen-bond donors (Lipinski definition) is 4. The molecular weight excluding hydrogens is 568 g/mol. The van der Waals surface area contributed by atoms with Crippen LogP contribution in [0.4, 0.5) is 0 Å². The van der Waals surface area contributed by atoms with Crippen LogP contribution >= 0.6 is 0 Å². The van der Waals surface area contributed by atoms with Crippen molar-refractivity contribution in [3.8, 4) is 0 Å². The van der Waals surface area contributed by atoms with Crippen LogP contribution in [0.25, 0.3) is 0 Å². The van der Waals surface area contributed by atoms with Gasteiger partial charge in [0.1, 0.15) is 0 Å². The monoisotopic (exact) mass is 628 g/mol. The molecule has 1 fully saturated rings. The average Bonchev–Trinajstić information content (AvgIpc) is 2.94. The van der Waals surface area contributed by atoms with E-state index < -0.39 is 23.9 Å². The predicted octanol–water partition coefficient (Wildman–Crippen LogP) is 3.21. The number of rotatable bonds is 16. The Bertz CT molecular complexity index is 777. The standard InChI is InChI=1S/C32H60N4O8/c1-9-21(5)25-13-34(18-30(39)40)27(23(7)11-3)15-36(20-32(43)44)28(24(8)12-4)16-35(19-31(41)42)26(22(6)10-2)14-33(25)17-29(37)38/h21-28H,9-20H2,1-8H3,(H,37,38)(H,39,40)(H,41,42)(H,43,44)/t21-,22-,23-,24-,25-,26-,27-,28-/m1/s1. The van der Waals surface area contributed by atoms with E-state index in [0.29, 0.717) is 26.2 Å². The van der Waals surface area contributed by atoms with Crippen molar-refractivity contribution in [2.45, 2.75) is 105 Å². The van der Waals surface area contributed by atoms with Crippen LogP contribution < -0.4 is 0 Å². The number of carboxylic acids is 4. The normalized spacial score (nSPS) is 26.5. The van der Waals surface area contributed by atoms with E-state index in [1.807, 2.05) is 75.0 Å². The number of carbonyl (C=O) groups is 4. The Morgan fingerprint density at radius 1 is 0.455 bits per heavy atom. The summed E-state index contributed by atoms with van der Waals surface area (Å²) < 4.78 is 0. The number of carboxylic acid groups (broad SMARTS) is 4. The van der Waals surface area contributed by atoms with E-state index in [9.17, 15) is 39.6 Å². The highest BCUT2D eigenvalue weighted by molar-refractivity contribution is 5.70. The van der Waals surface area contributed by atoms with Crippen LogP contribution in [0.1, 0.15) is 81.1 Å². The molecule has 8 atom stereocenters. The second-order valence-corrected chi connectivity index (χ2v) is 13.1. The molecule has 0 aromatic heterocycles. The summed E-state index contributed by atoms with van der Waals surface area (Å²) in [6.07, 6.45) is 2.96. The van der Waals surface area contributed by atoms with Crippen LogP contribution in [0.5, 0.6) is 0 Å². The van der Waals surface area contributed by atoms with Crippen molar-refractivity contribution >= 4 is 23.9 Å². The van der Waals surface area contributed by atoms with Gasteiger partial charge in [-0.2, -0.15) is 0 Å². The van der Waals surface area contributed by atoms with Crippen molar-refractivity contribution < 1.29 is 39.6 Å². The maximum absolute atomic E-state index is 12.3. The molecule has 44 heavy (non-hydrogen) atoms. The van der Waals surface area contributed by atoms with E-state index in [1.54, 1.807) is 0 Å². The minimum Gasteiger partial charge on any atom is -0.480 e. The highest BCUT2D eigenvalue weighted by Gasteiger charge is 2.40. The maximum Gasteiger partial charge on any atom is 0.317 e. The third kappa shape index (κ3) is 12.3. The van der Waals surface area contributed by atoms with Gasteiger partial charge < -0.3 is 20.4 Å². The molecule has 1 aliphatic heterocycles. The first-order valence-corrected chi connectivity index (χ1v) is 16.4. The molecule has 0 spiro atoms. The lowest BCUT2D eigenvalue weighted by atomic mass is 9.88. The zero-order valence-electron chi connectivity index (χ0n) is 28.3. The lowest BCUT2D eigenvalue weighted by Crippen LogP contribution is -2.63. The molecule has 12 heteroatoms. The van der Waals surface area contributed by atoms with Gasteiger partial charge in [-0.05, 0) is 23.7 Å². The summed E-state index contributed by atoms with van der Waals surface area (Å²) in [7, 11) is 0. The van der Waals surface area contributed by atoms with Crippen molar-refractivity contribution in [2.75, 3.05) is 52.4 Å². The molecule has 0 aromatic rings.